The molecule has 1 aromatic heterocycles. The molecule has 1 unspecified atom stereocenters. The van der Waals surface area contributed by atoms with Gasteiger partial charge in [-0.1, -0.05) is 0 Å². The van der Waals surface area contributed by atoms with Gasteiger partial charge < -0.3 is 24.9 Å². The zero-order chi connectivity index (χ0) is 17.3. The summed E-state index contributed by atoms with van der Waals surface area (Å²) < 4.78 is 16.8. The zero-order valence-corrected chi connectivity index (χ0v) is 15.5. The molecule has 1 aromatic carbocycles. The van der Waals surface area contributed by atoms with Crippen molar-refractivity contribution in [3.8, 4) is 5.75 Å². The van der Waals surface area contributed by atoms with E-state index >= 15 is 0 Å². The van der Waals surface area contributed by atoms with Crippen LogP contribution in [0.15, 0.2) is 22.6 Å². The summed E-state index contributed by atoms with van der Waals surface area (Å²) in [7, 11) is 1.64. The van der Waals surface area contributed by atoms with Crippen LogP contribution in [-0.4, -0.2) is 31.8 Å². The van der Waals surface area contributed by atoms with E-state index in [0.717, 1.165) is 34.5 Å². The molecule has 0 bridgehead atoms. The minimum absolute atomic E-state index is 0. The summed E-state index contributed by atoms with van der Waals surface area (Å²) in [6.07, 6.45) is 1.09. The molecule has 3 rings (SSSR count). The number of rotatable bonds is 5. The van der Waals surface area contributed by atoms with Gasteiger partial charge in [-0.05, 0) is 44.9 Å². The molecule has 0 radical (unpaired) electrons. The Morgan fingerprint density at radius 1 is 1.44 bits per heavy atom. The Bertz CT molecular complexity index is 746. The number of benzene rings is 1. The number of methoxy groups -OCH3 is 1. The lowest BCUT2D eigenvalue weighted by Crippen LogP contribution is -2.37. The number of halogens is 1. The van der Waals surface area contributed by atoms with Gasteiger partial charge in [0.25, 0.3) is 0 Å². The number of carbonyl (C=O) groups is 1. The summed E-state index contributed by atoms with van der Waals surface area (Å²) in [6.45, 7) is 4.35. The van der Waals surface area contributed by atoms with Crippen molar-refractivity contribution in [2.24, 2.45) is 5.73 Å². The second-order valence-electron chi connectivity index (χ2n) is 6.24. The van der Waals surface area contributed by atoms with Gasteiger partial charge in [0.2, 0.25) is 5.91 Å². The van der Waals surface area contributed by atoms with Crippen molar-refractivity contribution in [2.45, 2.75) is 44.9 Å². The van der Waals surface area contributed by atoms with Crippen LogP contribution in [0.25, 0.3) is 11.0 Å². The summed E-state index contributed by atoms with van der Waals surface area (Å²) in [5, 5.41) is 3.97. The van der Waals surface area contributed by atoms with E-state index in [1.54, 1.807) is 7.11 Å². The minimum atomic E-state index is -0.425. The normalized spacial score (nSPS) is 21.0. The monoisotopic (exact) mass is 368 g/mol. The third kappa shape index (κ3) is 3.92. The van der Waals surface area contributed by atoms with Gasteiger partial charge in [0, 0.05) is 17.5 Å². The first kappa shape index (κ1) is 19.6. The van der Waals surface area contributed by atoms with Crippen molar-refractivity contribution in [2.75, 3.05) is 13.7 Å². The van der Waals surface area contributed by atoms with Crippen LogP contribution >= 0.6 is 12.4 Å². The Morgan fingerprint density at radius 3 is 2.84 bits per heavy atom. The molecule has 1 aliphatic heterocycles. The number of ether oxygens (including phenoxy) is 2. The molecular formula is C18H25ClN2O4. The van der Waals surface area contributed by atoms with Gasteiger partial charge in [0.15, 0.2) is 0 Å². The van der Waals surface area contributed by atoms with Gasteiger partial charge >= 0.3 is 0 Å². The Balaban J connectivity index is 0.00000225. The molecule has 7 heteroatoms. The van der Waals surface area contributed by atoms with Crippen molar-refractivity contribution in [1.82, 2.24) is 5.32 Å². The van der Waals surface area contributed by atoms with Crippen molar-refractivity contribution < 1.29 is 18.7 Å². The van der Waals surface area contributed by atoms with Crippen LogP contribution in [0.3, 0.4) is 0 Å². The summed E-state index contributed by atoms with van der Waals surface area (Å²) >= 11 is 0. The quantitative estimate of drug-likeness (QED) is 0.847. The predicted molar refractivity (Wildman–Crippen MR) is 98.3 cm³/mol. The third-order valence-electron chi connectivity index (χ3n) is 4.60. The standard InChI is InChI=1S/C18H24N2O4.ClH/c1-10-14-8-12(22-3)4-6-15(14)24-17(10)11(2)20-18(21)16-7-5-13(9-19)23-16;/h4,6,8,11,13,16H,5,7,9,19H2,1-3H3,(H,20,21);1H/t11?,13-,16+;/m1./s1. The summed E-state index contributed by atoms with van der Waals surface area (Å²) in [5.74, 6) is 1.41. The molecule has 6 nitrogen and oxygen atoms in total. The van der Waals surface area contributed by atoms with Crippen molar-refractivity contribution in [3.05, 3.63) is 29.5 Å². The highest BCUT2D eigenvalue weighted by Gasteiger charge is 2.31. The minimum Gasteiger partial charge on any atom is -0.497 e. The lowest BCUT2D eigenvalue weighted by molar-refractivity contribution is -0.132. The number of carbonyl (C=O) groups excluding carboxylic acids is 1. The van der Waals surface area contributed by atoms with Gasteiger partial charge in [0.05, 0.1) is 19.3 Å². The average molecular weight is 369 g/mol. The summed E-state index contributed by atoms with van der Waals surface area (Å²) in [6, 6.07) is 5.44. The van der Waals surface area contributed by atoms with Gasteiger partial charge in [-0.15, -0.1) is 12.4 Å². The molecule has 1 amide bonds. The van der Waals surface area contributed by atoms with E-state index < -0.39 is 6.10 Å². The lowest BCUT2D eigenvalue weighted by Gasteiger charge is -2.16. The molecule has 1 saturated heterocycles. The van der Waals surface area contributed by atoms with E-state index in [9.17, 15) is 4.79 Å². The van der Waals surface area contributed by atoms with E-state index in [1.165, 1.54) is 0 Å². The first-order valence-corrected chi connectivity index (χ1v) is 8.26. The molecule has 2 heterocycles. The maximum atomic E-state index is 12.4. The topological polar surface area (TPSA) is 86.7 Å². The Morgan fingerprint density at radius 2 is 2.20 bits per heavy atom. The van der Waals surface area contributed by atoms with Gasteiger partial charge in [-0.2, -0.15) is 0 Å². The largest absolute Gasteiger partial charge is 0.497 e. The van der Waals surface area contributed by atoms with Crippen molar-refractivity contribution in [1.29, 1.82) is 0 Å². The highest BCUT2D eigenvalue weighted by molar-refractivity contribution is 5.85. The highest BCUT2D eigenvalue weighted by atomic mass is 35.5. The van der Waals surface area contributed by atoms with E-state index in [2.05, 4.69) is 5.32 Å². The number of nitrogens with two attached hydrogens (primary N) is 1. The van der Waals surface area contributed by atoms with Crippen LogP contribution in [-0.2, 0) is 9.53 Å². The maximum Gasteiger partial charge on any atom is 0.249 e. The first-order chi connectivity index (χ1) is 11.5. The molecule has 2 aromatic rings. The number of nitrogens with one attached hydrogen (secondary N) is 1. The number of hydrogen-bond donors (Lipinski definition) is 2. The fourth-order valence-electron chi connectivity index (χ4n) is 3.20. The highest BCUT2D eigenvalue weighted by Crippen LogP contribution is 2.32. The summed E-state index contributed by atoms with van der Waals surface area (Å²) in [4.78, 5) is 12.4. The first-order valence-electron chi connectivity index (χ1n) is 8.26. The fourth-order valence-corrected chi connectivity index (χ4v) is 3.20. The maximum absolute atomic E-state index is 12.4. The third-order valence-corrected chi connectivity index (χ3v) is 4.60. The van der Waals surface area contributed by atoms with Crippen LogP contribution in [0.5, 0.6) is 5.75 Å². The fraction of sp³-hybridized carbons (Fsp3) is 0.500. The molecule has 1 aliphatic rings. The number of hydrogen-bond acceptors (Lipinski definition) is 5. The molecule has 1 fully saturated rings. The molecule has 3 N–H and O–H groups in total. The Labute approximate surface area is 153 Å². The SMILES string of the molecule is COc1ccc2oc(C(C)NC(=O)[C@@H]3CC[C@H](CN)O3)c(C)c2c1.Cl. The molecule has 0 spiro atoms. The second kappa shape index (κ2) is 8.08. The van der Waals surface area contributed by atoms with Gasteiger partial charge in [-0.25, -0.2) is 0 Å². The van der Waals surface area contributed by atoms with Crippen molar-refractivity contribution >= 4 is 29.3 Å². The smallest absolute Gasteiger partial charge is 0.249 e. The van der Waals surface area contributed by atoms with Crippen LogP contribution in [0.2, 0.25) is 0 Å². The summed E-state index contributed by atoms with van der Waals surface area (Å²) in [5.41, 5.74) is 7.38. The van der Waals surface area contributed by atoms with E-state index in [0.29, 0.717) is 13.0 Å². The van der Waals surface area contributed by atoms with E-state index in [1.807, 2.05) is 32.0 Å². The number of amides is 1. The van der Waals surface area contributed by atoms with E-state index in [4.69, 9.17) is 19.6 Å². The zero-order valence-electron chi connectivity index (χ0n) is 14.7. The molecule has 0 saturated carbocycles. The number of fused-ring (bicyclic) bond motifs is 1. The number of aryl methyl sites for hydroxylation is 1. The second-order valence-corrected chi connectivity index (χ2v) is 6.24. The molecule has 3 atom stereocenters. The Hall–Kier alpha value is -1.76. The van der Waals surface area contributed by atoms with Gasteiger partial charge in [-0.3, -0.25) is 4.79 Å². The van der Waals surface area contributed by atoms with Crippen LogP contribution in [0, 0.1) is 6.92 Å². The molecular weight excluding hydrogens is 344 g/mol. The lowest BCUT2D eigenvalue weighted by atomic mass is 10.1. The van der Waals surface area contributed by atoms with E-state index in [-0.39, 0.29) is 30.5 Å². The number of furan rings is 1. The van der Waals surface area contributed by atoms with Crippen molar-refractivity contribution in [3.63, 3.8) is 0 Å². The Kier molecular flexibility index (Phi) is 6.32. The molecule has 138 valence electrons. The van der Waals surface area contributed by atoms with Crippen LogP contribution < -0.4 is 15.8 Å². The predicted octanol–water partition coefficient (Wildman–Crippen LogP) is 2.86. The van der Waals surface area contributed by atoms with Crippen LogP contribution in [0.1, 0.15) is 37.1 Å². The van der Waals surface area contributed by atoms with Gasteiger partial charge in [0.1, 0.15) is 23.2 Å². The van der Waals surface area contributed by atoms with Crippen LogP contribution in [0.4, 0.5) is 0 Å². The molecule has 0 aliphatic carbocycles. The average Bonchev–Trinajstić information content (AvgIpc) is 3.19. The molecule has 25 heavy (non-hydrogen) atoms.